The van der Waals surface area contributed by atoms with Crippen LogP contribution in [-0.2, 0) is 14.3 Å². The number of thiol groups is 1. The summed E-state index contributed by atoms with van der Waals surface area (Å²) in [6, 6.07) is 4.17. The molecule has 1 aromatic rings. The standard InChI is InChI=1S/C26H41N3O4S/c1-7-8-14-27-23(30)22(20-13-12-17(2)15-18(20)3)29(19-10-9-11-19)24(31)21(16-34)28-25(32)33-26(4,5)6/h12-13,15,19,21-22,34H,7-11,14,16H2,1-6H3,(H,27,30)(H,28,32). The molecule has 1 aliphatic carbocycles. The van der Waals surface area contributed by atoms with Gasteiger partial charge in [-0.3, -0.25) is 9.59 Å². The molecule has 2 rings (SSSR count). The van der Waals surface area contributed by atoms with Gasteiger partial charge in [0.05, 0.1) is 0 Å². The van der Waals surface area contributed by atoms with E-state index in [1.807, 2.05) is 32.0 Å². The molecule has 0 aliphatic heterocycles. The van der Waals surface area contributed by atoms with Gasteiger partial charge in [-0.05, 0) is 71.4 Å². The van der Waals surface area contributed by atoms with Crippen LogP contribution in [-0.4, -0.2) is 52.8 Å². The molecule has 3 amide bonds. The number of carbonyl (C=O) groups is 3. The lowest BCUT2D eigenvalue weighted by Crippen LogP contribution is -2.58. The molecule has 190 valence electrons. The van der Waals surface area contributed by atoms with Gasteiger partial charge in [-0.25, -0.2) is 4.79 Å². The van der Waals surface area contributed by atoms with E-state index in [1.54, 1.807) is 25.7 Å². The fourth-order valence-electron chi connectivity index (χ4n) is 4.03. The van der Waals surface area contributed by atoms with Crippen LogP contribution < -0.4 is 10.6 Å². The van der Waals surface area contributed by atoms with Crippen molar-refractivity contribution in [3.63, 3.8) is 0 Å². The summed E-state index contributed by atoms with van der Waals surface area (Å²) in [5.74, 6) is -0.421. The molecule has 2 atom stereocenters. The third-order valence-corrected chi connectivity index (χ3v) is 6.34. The van der Waals surface area contributed by atoms with Crippen LogP contribution in [0.25, 0.3) is 0 Å². The number of nitrogens with zero attached hydrogens (tertiary/aromatic N) is 1. The molecule has 0 saturated heterocycles. The number of carbonyl (C=O) groups excluding carboxylic acids is 3. The summed E-state index contributed by atoms with van der Waals surface area (Å²) in [6.07, 6.45) is 3.78. The van der Waals surface area contributed by atoms with Crippen LogP contribution in [0.1, 0.15) is 82.5 Å². The summed E-state index contributed by atoms with van der Waals surface area (Å²) in [5, 5.41) is 5.69. The van der Waals surface area contributed by atoms with Crippen LogP contribution in [0.2, 0.25) is 0 Å². The van der Waals surface area contributed by atoms with Gasteiger partial charge in [-0.15, -0.1) is 0 Å². The van der Waals surface area contributed by atoms with Gasteiger partial charge in [0.1, 0.15) is 17.7 Å². The zero-order chi connectivity index (χ0) is 25.5. The van der Waals surface area contributed by atoms with Gasteiger partial charge < -0.3 is 20.3 Å². The summed E-state index contributed by atoms with van der Waals surface area (Å²) in [4.78, 5) is 41.5. The van der Waals surface area contributed by atoms with Gasteiger partial charge in [0, 0.05) is 18.3 Å². The fraction of sp³-hybridized carbons (Fsp3) is 0.654. The Morgan fingerprint density at radius 1 is 1.21 bits per heavy atom. The Morgan fingerprint density at radius 2 is 1.88 bits per heavy atom. The molecule has 0 bridgehead atoms. The van der Waals surface area contributed by atoms with Crippen LogP contribution in [0.15, 0.2) is 18.2 Å². The summed E-state index contributed by atoms with van der Waals surface area (Å²) >= 11 is 4.34. The minimum Gasteiger partial charge on any atom is -0.444 e. The van der Waals surface area contributed by atoms with Crippen molar-refractivity contribution >= 4 is 30.5 Å². The van der Waals surface area contributed by atoms with Crippen molar-refractivity contribution in [2.75, 3.05) is 12.3 Å². The molecule has 2 unspecified atom stereocenters. The van der Waals surface area contributed by atoms with Gasteiger partial charge in [0.2, 0.25) is 11.8 Å². The smallest absolute Gasteiger partial charge is 0.408 e. The Labute approximate surface area is 209 Å². The molecule has 0 radical (unpaired) electrons. The van der Waals surface area contributed by atoms with Gasteiger partial charge in [-0.2, -0.15) is 12.6 Å². The van der Waals surface area contributed by atoms with Gasteiger partial charge in [0.15, 0.2) is 0 Å². The third kappa shape index (κ3) is 7.65. The van der Waals surface area contributed by atoms with Crippen molar-refractivity contribution < 1.29 is 19.1 Å². The summed E-state index contributed by atoms with van der Waals surface area (Å²) in [6.45, 7) is 11.9. The third-order valence-electron chi connectivity index (χ3n) is 5.97. The van der Waals surface area contributed by atoms with Gasteiger partial charge in [0.25, 0.3) is 0 Å². The lowest BCUT2D eigenvalue weighted by molar-refractivity contribution is -0.147. The number of nitrogens with one attached hydrogen (secondary N) is 2. The summed E-state index contributed by atoms with van der Waals surface area (Å²) in [7, 11) is 0. The second kappa shape index (κ2) is 12.5. The molecule has 1 aromatic carbocycles. The van der Waals surface area contributed by atoms with Crippen molar-refractivity contribution in [2.45, 2.75) is 97.4 Å². The SMILES string of the molecule is CCCCNC(=O)C(c1ccc(C)cc1C)N(C(=O)C(CS)NC(=O)OC(C)(C)C)C1CCC1. The zero-order valence-corrected chi connectivity index (χ0v) is 22.3. The molecule has 34 heavy (non-hydrogen) atoms. The Bertz CT molecular complexity index is 864. The minimum atomic E-state index is -0.907. The average Bonchev–Trinajstić information content (AvgIpc) is 2.70. The van der Waals surface area contributed by atoms with E-state index >= 15 is 0 Å². The fourth-order valence-corrected chi connectivity index (χ4v) is 4.28. The van der Waals surface area contributed by atoms with E-state index in [0.717, 1.165) is 48.8 Å². The van der Waals surface area contributed by atoms with Crippen LogP contribution in [0.3, 0.4) is 0 Å². The Kier molecular flexibility index (Phi) is 10.3. The predicted molar refractivity (Wildman–Crippen MR) is 138 cm³/mol. The molecule has 1 fully saturated rings. The number of ether oxygens (including phenoxy) is 1. The highest BCUT2D eigenvalue weighted by molar-refractivity contribution is 7.80. The first-order chi connectivity index (χ1) is 16.0. The Hall–Kier alpha value is -2.22. The average molecular weight is 492 g/mol. The molecule has 0 spiro atoms. The van der Waals surface area contributed by atoms with E-state index < -0.39 is 23.8 Å². The first kappa shape index (κ1) is 28.0. The number of aryl methyl sites for hydroxylation is 2. The summed E-state index contributed by atoms with van der Waals surface area (Å²) < 4.78 is 5.36. The first-order valence-electron chi connectivity index (χ1n) is 12.3. The van der Waals surface area contributed by atoms with E-state index in [9.17, 15) is 14.4 Å². The van der Waals surface area contributed by atoms with E-state index in [0.29, 0.717) is 6.54 Å². The normalized spacial score (nSPS) is 15.6. The van der Waals surface area contributed by atoms with Gasteiger partial charge >= 0.3 is 6.09 Å². The van der Waals surface area contributed by atoms with Crippen LogP contribution in [0.5, 0.6) is 0 Å². The number of rotatable bonds is 10. The number of alkyl carbamates (subject to hydrolysis) is 1. The summed E-state index contributed by atoms with van der Waals surface area (Å²) in [5.41, 5.74) is 2.15. The van der Waals surface area contributed by atoms with Crippen molar-refractivity contribution in [3.8, 4) is 0 Å². The van der Waals surface area contributed by atoms with Crippen molar-refractivity contribution in [2.24, 2.45) is 0 Å². The highest BCUT2D eigenvalue weighted by Gasteiger charge is 2.42. The topological polar surface area (TPSA) is 87.7 Å². The highest BCUT2D eigenvalue weighted by atomic mass is 32.1. The number of amides is 3. The van der Waals surface area contributed by atoms with E-state index in [-0.39, 0.29) is 23.6 Å². The van der Waals surface area contributed by atoms with Crippen molar-refractivity contribution in [3.05, 3.63) is 34.9 Å². The Morgan fingerprint density at radius 3 is 2.38 bits per heavy atom. The van der Waals surface area contributed by atoms with Crippen LogP contribution >= 0.6 is 12.6 Å². The lowest BCUT2D eigenvalue weighted by atomic mass is 9.87. The van der Waals surface area contributed by atoms with E-state index in [4.69, 9.17) is 4.74 Å². The zero-order valence-electron chi connectivity index (χ0n) is 21.4. The van der Waals surface area contributed by atoms with Crippen molar-refractivity contribution in [1.29, 1.82) is 0 Å². The van der Waals surface area contributed by atoms with Crippen LogP contribution in [0, 0.1) is 13.8 Å². The molecule has 2 N–H and O–H groups in total. The molecular weight excluding hydrogens is 450 g/mol. The molecule has 8 heteroatoms. The number of unbranched alkanes of at least 4 members (excludes halogenated alkanes) is 1. The highest BCUT2D eigenvalue weighted by Crippen LogP contribution is 2.35. The first-order valence-corrected chi connectivity index (χ1v) is 12.9. The minimum absolute atomic E-state index is 0.0713. The van der Waals surface area contributed by atoms with Crippen LogP contribution in [0.4, 0.5) is 4.79 Å². The predicted octanol–water partition coefficient (Wildman–Crippen LogP) is 4.47. The maximum Gasteiger partial charge on any atom is 0.408 e. The monoisotopic (exact) mass is 491 g/mol. The maximum atomic E-state index is 13.9. The quantitative estimate of drug-likeness (QED) is 0.333. The van der Waals surface area contributed by atoms with E-state index in [2.05, 4.69) is 30.2 Å². The molecule has 7 nitrogen and oxygen atoms in total. The number of hydrogen-bond acceptors (Lipinski definition) is 5. The van der Waals surface area contributed by atoms with E-state index in [1.165, 1.54) is 0 Å². The number of benzene rings is 1. The largest absolute Gasteiger partial charge is 0.444 e. The number of hydrogen-bond donors (Lipinski definition) is 3. The van der Waals surface area contributed by atoms with Crippen molar-refractivity contribution in [1.82, 2.24) is 15.5 Å². The molecule has 0 aromatic heterocycles. The maximum absolute atomic E-state index is 13.9. The second-order valence-electron chi connectivity index (χ2n) is 10.1. The lowest BCUT2D eigenvalue weighted by Gasteiger charge is -2.43. The second-order valence-corrected chi connectivity index (χ2v) is 10.5. The Balaban J connectivity index is 2.43. The molecule has 1 aliphatic rings. The van der Waals surface area contributed by atoms with Gasteiger partial charge in [-0.1, -0.05) is 37.1 Å². The molecular formula is C26H41N3O4S. The molecule has 0 heterocycles. The molecule has 1 saturated carbocycles.